The van der Waals surface area contributed by atoms with Gasteiger partial charge in [0, 0.05) is 12.8 Å². The molecule has 0 radical (unpaired) electrons. The molecule has 3 N–H and O–H groups in total. The lowest BCUT2D eigenvalue weighted by Gasteiger charge is -2.28. The second-order valence-electron chi connectivity index (χ2n) is 10.4. The molecule has 224 valence electrons. The topological polar surface area (TPSA) is 151 Å². The Balaban J connectivity index is 2.25. The molecule has 0 heterocycles. The number of carbonyl (C=O) groups is 4. The van der Waals surface area contributed by atoms with Gasteiger partial charge in [-0.25, -0.2) is 4.79 Å². The molecule has 0 amide bonds. The molecule has 0 spiro atoms. The third kappa shape index (κ3) is 10.5. The molecule has 0 saturated heterocycles. The van der Waals surface area contributed by atoms with Crippen molar-refractivity contribution in [1.29, 1.82) is 0 Å². The molecule has 10 nitrogen and oxygen atoms in total. The molecule has 0 aliphatic rings. The van der Waals surface area contributed by atoms with Crippen molar-refractivity contribution in [3.8, 4) is 17.2 Å². The normalized spacial score (nSPS) is 14.6. The van der Waals surface area contributed by atoms with Crippen LogP contribution in [0, 0.1) is 11.8 Å². The van der Waals surface area contributed by atoms with E-state index in [-0.39, 0.29) is 36.0 Å². The minimum absolute atomic E-state index is 0.00372. The first kappa shape index (κ1) is 33.3. The van der Waals surface area contributed by atoms with E-state index < -0.39 is 41.6 Å². The minimum atomic E-state index is -1.85. The van der Waals surface area contributed by atoms with Gasteiger partial charge in [0.25, 0.3) is 0 Å². The number of para-hydroxylation sites is 1. The highest BCUT2D eigenvalue weighted by atomic mass is 16.7. The van der Waals surface area contributed by atoms with Crippen molar-refractivity contribution >= 4 is 24.1 Å². The zero-order chi connectivity index (χ0) is 30.6. The molecule has 0 fully saturated rings. The summed E-state index contributed by atoms with van der Waals surface area (Å²) in [5.74, 6) is -2.71. The smallest absolute Gasteiger partial charge is 0.480 e. The van der Waals surface area contributed by atoms with E-state index in [2.05, 4.69) is 0 Å². The van der Waals surface area contributed by atoms with Gasteiger partial charge >= 0.3 is 24.1 Å². The van der Waals surface area contributed by atoms with E-state index in [0.717, 1.165) is 12.8 Å². The highest BCUT2D eigenvalue weighted by molar-refractivity contribution is 5.80. The second-order valence-corrected chi connectivity index (χ2v) is 10.4. The van der Waals surface area contributed by atoms with Crippen molar-refractivity contribution < 1.29 is 43.2 Å². The van der Waals surface area contributed by atoms with E-state index in [0.29, 0.717) is 18.4 Å². The number of aliphatic carboxylic acids is 1. The van der Waals surface area contributed by atoms with Gasteiger partial charge in [0.15, 0.2) is 11.5 Å². The van der Waals surface area contributed by atoms with Crippen LogP contribution in [0.3, 0.4) is 0 Å². The van der Waals surface area contributed by atoms with E-state index in [1.807, 2.05) is 13.8 Å². The fourth-order valence-corrected chi connectivity index (χ4v) is 4.27. The zero-order valence-electron chi connectivity index (χ0n) is 24.4. The first-order valence-corrected chi connectivity index (χ1v) is 13.9. The molecule has 0 aromatic heterocycles. The summed E-state index contributed by atoms with van der Waals surface area (Å²) in [5.41, 5.74) is 4.88. The van der Waals surface area contributed by atoms with Gasteiger partial charge in [-0.1, -0.05) is 64.8 Å². The molecule has 2 aromatic rings. The summed E-state index contributed by atoms with van der Waals surface area (Å²) in [4.78, 5) is 49.7. The lowest BCUT2D eigenvalue weighted by molar-refractivity contribution is -0.144. The average Bonchev–Trinajstić information content (AvgIpc) is 2.90. The fraction of sp³-hybridized carbons (Fsp3) is 0.484. The Morgan fingerprint density at radius 3 is 1.93 bits per heavy atom. The molecule has 0 bridgehead atoms. The summed E-state index contributed by atoms with van der Waals surface area (Å²) < 4.78 is 21.5. The number of hydrogen-bond acceptors (Lipinski definition) is 9. The van der Waals surface area contributed by atoms with Gasteiger partial charge < -0.3 is 29.8 Å². The summed E-state index contributed by atoms with van der Waals surface area (Å²) in [5, 5.41) is 9.99. The number of carboxylic acid groups (broad SMARTS) is 1. The zero-order valence-corrected chi connectivity index (χ0v) is 24.4. The highest BCUT2D eigenvalue weighted by Gasteiger charge is 2.37. The maximum Gasteiger partial charge on any atom is 0.514 e. The van der Waals surface area contributed by atoms with Crippen LogP contribution in [0.25, 0.3) is 0 Å². The quantitative estimate of drug-likeness (QED) is 0.155. The third-order valence-electron chi connectivity index (χ3n) is 6.52. The molecule has 4 atom stereocenters. The minimum Gasteiger partial charge on any atom is -0.480 e. The van der Waals surface area contributed by atoms with Crippen molar-refractivity contribution in [3.63, 3.8) is 0 Å². The van der Waals surface area contributed by atoms with Crippen molar-refractivity contribution in [2.75, 3.05) is 0 Å². The number of benzene rings is 2. The summed E-state index contributed by atoms with van der Waals surface area (Å²) in [7, 11) is 0. The van der Waals surface area contributed by atoms with Crippen LogP contribution in [-0.2, 0) is 25.5 Å². The van der Waals surface area contributed by atoms with Crippen LogP contribution in [0.5, 0.6) is 17.2 Å². The molecule has 2 aromatic carbocycles. The van der Waals surface area contributed by atoms with Crippen LogP contribution in [0.2, 0.25) is 0 Å². The van der Waals surface area contributed by atoms with E-state index in [1.165, 1.54) is 19.1 Å². The Morgan fingerprint density at radius 1 is 0.829 bits per heavy atom. The molecule has 10 heteroatoms. The number of hydrogen-bond donors (Lipinski definition) is 2. The maximum atomic E-state index is 12.7. The van der Waals surface area contributed by atoms with Crippen LogP contribution in [0.4, 0.5) is 4.79 Å². The monoisotopic (exact) mass is 571 g/mol. The number of carbonyl (C=O) groups excluding carboxylic acids is 3. The molecule has 0 aliphatic heterocycles. The Morgan fingerprint density at radius 2 is 1.39 bits per heavy atom. The number of rotatable bonds is 15. The van der Waals surface area contributed by atoms with Crippen LogP contribution in [0.15, 0.2) is 48.5 Å². The second kappa shape index (κ2) is 15.8. The molecule has 3 unspecified atom stereocenters. The Hall–Kier alpha value is -3.92. The van der Waals surface area contributed by atoms with E-state index in [9.17, 15) is 24.3 Å². The number of esters is 2. The van der Waals surface area contributed by atoms with Crippen molar-refractivity contribution in [1.82, 2.24) is 0 Å². The molecule has 0 saturated carbocycles. The molecule has 0 aliphatic carbocycles. The lowest BCUT2D eigenvalue weighted by atomic mass is 9.86. The highest BCUT2D eigenvalue weighted by Crippen LogP contribution is 2.32. The SMILES string of the molecule is CCCC(C)C(=O)Oc1ccc(CC(N)(C[C@H](C)OC(=O)Oc2ccccc2)C(=O)O)cc1OC(=O)C(C)CCC. The maximum absolute atomic E-state index is 12.7. The van der Waals surface area contributed by atoms with E-state index in [1.54, 1.807) is 50.2 Å². The Bertz CT molecular complexity index is 1180. The lowest BCUT2D eigenvalue weighted by Crippen LogP contribution is -2.52. The molecular formula is C31H41NO9. The summed E-state index contributed by atoms with van der Waals surface area (Å²) in [6, 6.07) is 12.8. The van der Waals surface area contributed by atoms with Crippen LogP contribution in [-0.4, -0.2) is 40.8 Å². The third-order valence-corrected chi connectivity index (χ3v) is 6.52. The van der Waals surface area contributed by atoms with Gasteiger partial charge in [0.05, 0.1) is 11.8 Å². The van der Waals surface area contributed by atoms with Gasteiger partial charge in [-0.3, -0.25) is 14.4 Å². The molecule has 41 heavy (non-hydrogen) atoms. The predicted molar refractivity (Wildman–Crippen MR) is 152 cm³/mol. The Kier molecular flexibility index (Phi) is 12.8. The largest absolute Gasteiger partial charge is 0.514 e. The summed E-state index contributed by atoms with van der Waals surface area (Å²) in [6.07, 6.45) is 0.490. The molecular weight excluding hydrogens is 530 g/mol. The van der Waals surface area contributed by atoms with Crippen molar-refractivity contribution in [2.24, 2.45) is 17.6 Å². The van der Waals surface area contributed by atoms with Gasteiger partial charge in [-0.05, 0) is 49.6 Å². The van der Waals surface area contributed by atoms with Crippen molar-refractivity contribution in [3.05, 3.63) is 54.1 Å². The predicted octanol–water partition coefficient (Wildman–Crippen LogP) is 5.69. The molecule has 2 rings (SSSR count). The number of ether oxygens (including phenoxy) is 4. The van der Waals surface area contributed by atoms with Gasteiger partial charge in [0.1, 0.15) is 17.4 Å². The van der Waals surface area contributed by atoms with Crippen molar-refractivity contribution in [2.45, 2.75) is 84.8 Å². The van der Waals surface area contributed by atoms with Gasteiger partial charge in [0.2, 0.25) is 0 Å². The number of nitrogens with two attached hydrogens (primary N) is 1. The van der Waals surface area contributed by atoms with Crippen LogP contribution >= 0.6 is 0 Å². The fourth-order valence-electron chi connectivity index (χ4n) is 4.27. The van der Waals surface area contributed by atoms with Gasteiger partial charge in [-0.2, -0.15) is 0 Å². The van der Waals surface area contributed by atoms with E-state index in [4.69, 9.17) is 24.7 Å². The first-order chi connectivity index (χ1) is 19.4. The standard InChI is InChI=1S/C31H41NO9/c1-6-11-20(3)27(33)40-25-16-15-23(17-26(25)41-28(34)21(4)12-7-2)19-31(32,29(35)36)18-22(5)38-30(37)39-24-13-9-8-10-14-24/h8-10,13-17,20-22H,6-7,11-12,18-19,32H2,1-5H3,(H,35,36)/t20?,21?,22-,31?/m0/s1. The summed E-state index contributed by atoms with van der Waals surface area (Å²) >= 11 is 0. The summed E-state index contributed by atoms with van der Waals surface area (Å²) in [6.45, 7) is 8.92. The van der Waals surface area contributed by atoms with Gasteiger partial charge in [-0.15, -0.1) is 0 Å². The van der Waals surface area contributed by atoms with Crippen LogP contribution in [0.1, 0.15) is 72.3 Å². The number of carboxylic acids is 1. The van der Waals surface area contributed by atoms with E-state index >= 15 is 0 Å². The first-order valence-electron chi connectivity index (χ1n) is 13.9. The van der Waals surface area contributed by atoms with Crippen LogP contribution < -0.4 is 19.9 Å². The Labute approximate surface area is 241 Å². The average molecular weight is 572 g/mol.